The van der Waals surface area contributed by atoms with Crippen LogP contribution in [0.2, 0.25) is 0 Å². The van der Waals surface area contributed by atoms with Gasteiger partial charge in [-0.15, -0.1) is 0 Å². The number of methoxy groups -OCH3 is 1. The van der Waals surface area contributed by atoms with Crippen molar-refractivity contribution < 1.29 is 33.4 Å². The summed E-state index contributed by atoms with van der Waals surface area (Å²) in [5, 5.41) is 13.9. The molecule has 1 atom stereocenters. The maximum Gasteiger partial charge on any atom is 0.407 e. The molecular formula is C26H23FN2O6. The Balaban J connectivity index is 1.42. The van der Waals surface area contributed by atoms with Gasteiger partial charge in [-0.3, -0.25) is 4.79 Å². The maximum atomic E-state index is 13.7. The molecule has 3 aromatic carbocycles. The molecule has 0 spiro atoms. The summed E-state index contributed by atoms with van der Waals surface area (Å²) >= 11 is 0. The number of anilines is 1. The number of halogens is 1. The second-order valence-electron chi connectivity index (χ2n) is 8.00. The molecule has 0 aliphatic heterocycles. The van der Waals surface area contributed by atoms with E-state index in [0.29, 0.717) is 0 Å². The minimum atomic E-state index is -1.34. The third-order valence-electron chi connectivity index (χ3n) is 5.70. The second-order valence-corrected chi connectivity index (χ2v) is 8.00. The van der Waals surface area contributed by atoms with Crippen LogP contribution in [0.4, 0.5) is 14.9 Å². The van der Waals surface area contributed by atoms with Crippen molar-refractivity contribution in [2.45, 2.75) is 12.0 Å². The number of ether oxygens (including phenoxy) is 2. The highest BCUT2D eigenvalue weighted by atomic mass is 19.1. The molecule has 0 saturated heterocycles. The molecule has 9 heteroatoms. The summed E-state index contributed by atoms with van der Waals surface area (Å²) in [6, 6.07) is 17.6. The van der Waals surface area contributed by atoms with E-state index in [2.05, 4.69) is 10.6 Å². The Hall–Kier alpha value is -4.24. The van der Waals surface area contributed by atoms with Gasteiger partial charge in [-0.1, -0.05) is 48.5 Å². The van der Waals surface area contributed by atoms with Gasteiger partial charge in [0.25, 0.3) is 0 Å². The first-order valence-corrected chi connectivity index (χ1v) is 10.8. The van der Waals surface area contributed by atoms with Crippen molar-refractivity contribution in [1.29, 1.82) is 0 Å². The van der Waals surface area contributed by atoms with E-state index < -0.39 is 29.8 Å². The number of hydrogen-bond acceptors (Lipinski definition) is 5. The molecule has 180 valence electrons. The summed E-state index contributed by atoms with van der Waals surface area (Å²) in [5.41, 5.74) is 3.88. The molecule has 3 N–H and O–H groups in total. The Morgan fingerprint density at radius 1 is 1.00 bits per heavy atom. The molecule has 0 bridgehead atoms. The van der Waals surface area contributed by atoms with Crippen LogP contribution >= 0.6 is 0 Å². The number of fused-ring (bicyclic) bond motifs is 3. The average molecular weight is 478 g/mol. The Morgan fingerprint density at radius 3 is 2.23 bits per heavy atom. The van der Waals surface area contributed by atoms with Gasteiger partial charge in [0.15, 0.2) is 0 Å². The number of carbonyl (C=O) groups excluding carboxylic acids is 2. The lowest BCUT2D eigenvalue weighted by Gasteiger charge is -2.19. The van der Waals surface area contributed by atoms with Crippen molar-refractivity contribution in [1.82, 2.24) is 5.32 Å². The van der Waals surface area contributed by atoms with Crippen molar-refractivity contribution in [3.8, 4) is 11.1 Å². The summed E-state index contributed by atoms with van der Waals surface area (Å²) in [6.45, 7) is -0.121. The number of carbonyl (C=O) groups is 3. The predicted molar refractivity (Wildman–Crippen MR) is 126 cm³/mol. The summed E-state index contributed by atoms with van der Waals surface area (Å²) in [6.07, 6.45) is -0.825. The van der Waals surface area contributed by atoms with E-state index in [1.54, 1.807) is 0 Å². The minimum absolute atomic E-state index is 0.0625. The highest BCUT2D eigenvalue weighted by Crippen LogP contribution is 2.44. The Morgan fingerprint density at radius 2 is 1.63 bits per heavy atom. The van der Waals surface area contributed by atoms with Crippen molar-refractivity contribution in [3.05, 3.63) is 89.2 Å². The Bertz CT molecular complexity index is 1230. The van der Waals surface area contributed by atoms with Gasteiger partial charge in [0.05, 0.1) is 12.2 Å². The van der Waals surface area contributed by atoms with E-state index in [9.17, 15) is 18.8 Å². The van der Waals surface area contributed by atoms with Crippen LogP contribution in [0.1, 0.15) is 27.4 Å². The molecule has 0 saturated carbocycles. The number of alkyl carbamates (subject to hydrolysis) is 1. The quantitative estimate of drug-likeness (QED) is 0.451. The smallest absolute Gasteiger partial charge is 0.407 e. The third kappa shape index (κ3) is 5.30. The first-order valence-electron chi connectivity index (χ1n) is 10.8. The lowest BCUT2D eigenvalue weighted by molar-refractivity contribution is -0.119. The SMILES string of the molecule is COC[C@H](NC(=O)OCC1c2ccccc2-c2ccccc21)C(=O)Nc1cc(F)cc(C(=O)O)c1. The minimum Gasteiger partial charge on any atom is -0.478 e. The van der Waals surface area contributed by atoms with Gasteiger partial charge in [0.2, 0.25) is 5.91 Å². The number of hydrogen-bond donors (Lipinski definition) is 3. The van der Waals surface area contributed by atoms with E-state index >= 15 is 0 Å². The first-order chi connectivity index (χ1) is 16.9. The highest BCUT2D eigenvalue weighted by molar-refractivity contribution is 5.98. The van der Waals surface area contributed by atoms with Crippen LogP contribution in [0.5, 0.6) is 0 Å². The second kappa shape index (κ2) is 10.4. The molecule has 0 aromatic heterocycles. The zero-order valence-corrected chi connectivity index (χ0v) is 18.8. The van der Waals surface area contributed by atoms with Crippen molar-refractivity contribution in [2.24, 2.45) is 0 Å². The van der Waals surface area contributed by atoms with E-state index in [0.717, 1.165) is 40.5 Å². The predicted octanol–water partition coefficient (Wildman–Crippen LogP) is 4.02. The topological polar surface area (TPSA) is 114 Å². The molecule has 1 aliphatic carbocycles. The molecule has 1 aliphatic rings. The van der Waals surface area contributed by atoms with Gasteiger partial charge in [0.1, 0.15) is 18.5 Å². The molecule has 8 nitrogen and oxygen atoms in total. The van der Waals surface area contributed by atoms with Crippen molar-refractivity contribution in [2.75, 3.05) is 25.6 Å². The summed E-state index contributed by atoms with van der Waals surface area (Å²) < 4.78 is 24.2. The number of benzene rings is 3. The Kier molecular flexibility index (Phi) is 7.07. The van der Waals surface area contributed by atoms with E-state index in [1.165, 1.54) is 7.11 Å². The van der Waals surface area contributed by atoms with Crippen LogP contribution in [0.25, 0.3) is 11.1 Å². The monoisotopic (exact) mass is 478 g/mol. The summed E-state index contributed by atoms with van der Waals surface area (Å²) in [5.74, 6) is -3.04. The number of amides is 2. The number of nitrogens with one attached hydrogen (secondary N) is 2. The molecule has 4 rings (SSSR count). The molecule has 0 unspecified atom stereocenters. The zero-order valence-electron chi connectivity index (χ0n) is 18.8. The van der Waals surface area contributed by atoms with Gasteiger partial charge in [-0.05, 0) is 40.5 Å². The van der Waals surface area contributed by atoms with Crippen LogP contribution in [-0.2, 0) is 14.3 Å². The fraction of sp³-hybridized carbons (Fsp3) is 0.192. The van der Waals surface area contributed by atoms with Crippen LogP contribution in [-0.4, -0.2) is 49.4 Å². The largest absolute Gasteiger partial charge is 0.478 e. The molecule has 0 fully saturated rings. The van der Waals surface area contributed by atoms with Gasteiger partial charge in [0, 0.05) is 18.7 Å². The van der Waals surface area contributed by atoms with Crippen molar-refractivity contribution >= 4 is 23.7 Å². The van der Waals surface area contributed by atoms with E-state index in [1.807, 2.05) is 48.5 Å². The number of aromatic carboxylic acids is 1. The van der Waals surface area contributed by atoms with Gasteiger partial charge in [-0.25, -0.2) is 14.0 Å². The van der Waals surface area contributed by atoms with Crippen LogP contribution in [0.15, 0.2) is 66.7 Å². The fourth-order valence-corrected chi connectivity index (χ4v) is 4.15. The molecule has 35 heavy (non-hydrogen) atoms. The fourth-order valence-electron chi connectivity index (χ4n) is 4.15. The molecule has 2 amide bonds. The molecule has 0 heterocycles. The third-order valence-corrected chi connectivity index (χ3v) is 5.70. The first kappa shape index (κ1) is 23.9. The molecular weight excluding hydrogens is 455 g/mol. The normalized spacial score (nSPS) is 12.9. The van der Waals surface area contributed by atoms with Crippen LogP contribution in [0, 0.1) is 5.82 Å². The lowest BCUT2D eigenvalue weighted by Crippen LogP contribution is -2.47. The molecule has 0 radical (unpaired) electrons. The number of rotatable bonds is 8. The maximum absolute atomic E-state index is 13.7. The molecule has 3 aromatic rings. The van der Waals surface area contributed by atoms with E-state index in [-0.39, 0.29) is 30.4 Å². The Labute approximate surface area is 200 Å². The van der Waals surface area contributed by atoms with Gasteiger partial charge >= 0.3 is 12.1 Å². The zero-order chi connectivity index (χ0) is 24.9. The standard InChI is InChI=1S/C26H23FN2O6/c1-34-14-23(24(30)28-17-11-15(25(31)32)10-16(27)12-17)29-26(33)35-13-22-20-8-4-2-6-18(20)19-7-3-5-9-21(19)22/h2-12,22-23H,13-14H2,1H3,(H,28,30)(H,29,33)(H,31,32)/t23-/m0/s1. The van der Waals surface area contributed by atoms with E-state index in [4.69, 9.17) is 14.6 Å². The van der Waals surface area contributed by atoms with Crippen LogP contribution in [0.3, 0.4) is 0 Å². The van der Waals surface area contributed by atoms with Gasteiger partial charge < -0.3 is 25.2 Å². The van der Waals surface area contributed by atoms with Crippen LogP contribution < -0.4 is 10.6 Å². The summed E-state index contributed by atoms with van der Waals surface area (Å²) in [4.78, 5) is 36.4. The summed E-state index contributed by atoms with van der Waals surface area (Å²) in [7, 11) is 1.35. The lowest BCUT2D eigenvalue weighted by atomic mass is 9.98. The number of carboxylic acids is 1. The van der Waals surface area contributed by atoms with Gasteiger partial charge in [-0.2, -0.15) is 0 Å². The van der Waals surface area contributed by atoms with Crippen molar-refractivity contribution in [3.63, 3.8) is 0 Å². The highest BCUT2D eigenvalue weighted by Gasteiger charge is 2.30. The number of carboxylic acid groups (broad SMARTS) is 1. The average Bonchev–Trinajstić information content (AvgIpc) is 3.16.